The Morgan fingerprint density at radius 2 is 1.02 bits per heavy atom. The summed E-state index contributed by atoms with van der Waals surface area (Å²) in [4.78, 5) is 36.7. The highest BCUT2D eigenvalue weighted by Gasteiger charge is 2.25. The first-order chi connectivity index (χ1) is 24.1. The minimum absolute atomic E-state index is 0.0381. The number of ether oxygens (including phenoxy) is 3. The molecule has 0 spiro atoms. The molecule has 0 amide bonds. The number of likely N-dealkylation sites (N-methyl/N-ethyl adjacent to an activating group) is 1. The van der Waals surface area contributed by atoms with Crippen LogP contribution in [0.25, 0.3) is 0 Å². The van der Waals surface area contributed by atoms with Crippen LogP contribution in [-0.4, -0.2) is 75.5 Å². The van der Waals surface area contributed by atoms with Gasteiger partial charge in [-0.1, -0.05) is 122 Å². The van der Waals surface area contributed by atoms with E-state index in [-0.39, 0.29) is 42.7 Å². The van der Waals surface area contributed by atoms with Gasteiger partial charge in [-0.15, -0.1) is 0 Å². The number of hydrogen-bond acceptors (Lipinski definition) is 7. The summed E-state index contributed by atoms with van der Waals surface area (Å²) in [7, 11) is 5.40. The van der Waals surface area contributed by atoms with Crippen molar-refractivity contribution in [2.75, 3.05) is 41.0 Å². The van der Waals surface area contributed by atoms with Crippen LogP contribution in [0.15, 0.2) is 24.3 Å². The minimum Gasteiger partial charge on any atom is -0.544 e. The van der Waals surface area contributed by atoms with Gasteiger partial charge < -0.3 is 28.6 Å². The molecule has 0 aromatic carbocycles. The topological polar surface area (TPSA) is 102 Å². The number of esters is 2. The molecule has 0 saturated carbocycles. The van der Waals surface area contributed by atoms with Crippen LogP contribution < -0.4 is 5.11 Å². The standard InChI is InChI=1S/C42H77NO7/c1-6-8-10-12-14-16-18-19-20-21-23-24-26-28-30-32-40(44)49-37-38(36-48-35-34-39(42(46)47)43(3,4)5)50-41(45)33-31-29-27-25-22-17-15-13-11-9-7-2/h13,15-16,18,38-39H,6-12,14,17,19-37H2,1-5H3/b15-13+,18-16+. The van der Waals surface area contributed by atoms with Gasteiger partial charge >= 0.3 is 11.9 Å². The highest BCUT2D eigenvalue weighted by Crippen LogP contribution is 2.13. The molecule has 292 valence electrons. The van der Waals surface area contributed by atoms with Crippen LogP contribution in [0.1, 0.15) is 174 Å². The number of carboxylic acids is 1. The zero-order valence-electron chi connectivity index (χ0n) is 33.1. The summed E-state index contributed by atoms with van der Waals surface area (Å²) in [6, 6.07) is -0.724. The Bertz CT molecular complexity index is 880. The molecule has 0 rings (SSSR count). The molecule has 8 heteroatoms. The summed E-state index contributed by atoms with van der Waals surface area (Å²) in [6.45, 7) is 4.59. The third-order valence-corrected chi connectivity index (χ3v) is 9.06. The van der Waals surface area contributed by atoms with Crippen molar-refractivity contribution in [3.8, 4) is 0 Å². The van der Waals surface area contributed by atoms with Gasteiger partial charge in [-0.2, -0.15) is 0 Å². The maximum absolute atomic E-state index is 12.6. The predicted octanol–water partition coefficient (Wildman–Crippen LogP) is 9.19. The highest BCUT2D eigenvalue weighted by molar-refractivity contribution is 5.70. The minimum atomic E-state index is -1.13. The Kier molecular flexibility index (Phi) is 32.4. The van der Waals surface area contributed by atoms with E-state index in [0.29, 0.717) is 12.8 Å². The van der Waals surface area contributed by atoms with Gasteiger partial charge in [0.05, 0.1) is 40.3 Å². The zero-order chi connectivity index (χ0) is 37.1. The fourth-order valence-electron chi connectivity index (χ4n) is 5.81. The molecule has 0 radical (unpaired) electrons. The van der Waals surface area contributed by atoms with Gasteiger partial charge in [-0.25, -0.2) is 0 Å². The van der Waals surface area contributed by atoms with E-state index in [9.17, 15) is 19.5 Å². The average molecular weight is 708 g/mol. The van der Waals surface area contributed by atoms with Crippen molar-refractivity contribution >= 4 is 17.9 Å². The molecule has 0 fully saturated rings. The Balaban J connectivity index is 4.38. The summed E-state index contributed by atoms with van der Waals surface area (Å²) >= 11 is 0. The molecular weight excluding hydrogens is 630 g/mol. The Hall–Kier alpha value is -2.19. The lowest BCUT2D eigenvalue weighted by Crippen LogP contribution is -2.55. The maximum atomic E-state index is 12.6. The summed E-state index contributed by atoms with van der Waals surface area (Å²) < 4.78 is 17.1. The molecule has 0 aliphatic rings. The van der Waals surface area contributed by atoms with E-state index in [4.69, 9.17) is 14.2 Å². The van der Waals surface area contributed by atoms with Crippen molar-refractivity contribution in [1.82, 2.24) is 0 Å². The normalized spacial score (nSPS) is 13.2. The maximum Gasteiger partial charge on any atom is 0.306 e. The number of carboxylic acid groups (broad SMARTS) is 1. The van der Waals surface area contributed by atoms with E-state index in [1.165, 1.54) is 89.9 Å². The van der Waals surface area contributed by atoms with Crippen LogP contribution in [0.3, 0.4) is 0 Å². The molecule has 50 heavy (non-hydrogen) atoms. The first-order valence-corrected chi connectivity index (χ1v) is 20.4. The lowest BCUT2D eigenvalue weighted by Gasteiger charge is -2.34. The van der Waals surface area contributed by atoms with Crippen molar-refractivity contribution in [2.45, 2.75) is 187 Å². The fraction of sp³-hybridized carbons (Fsp3) is 0.833. The lowest BCUT2D eigenvalue weighted by atomic mass is 10.1. The molecule has 0 bridgehead atoms. The van der Waals surface area contributed by atoms with Gasteiger partial charge in [0.25, 0.3) is 0 Å². The van der Waals surface area contributed by atoms with Crippen molar-refractivity contribution in [1.29, 1.82) is 0 Å². The van der Waals surface area contributed by atoms with E-state index in [0.717, 1.165) is 51.4 Å². The number of hydrogen-bond donors (Lipinski definition) is 0. The van der Waals surface area contributed by atoms with Crippen molar-refractivity contribution in [3.63, 3.8) is 0 Å². The molecule has 0 aromatic heterocycles. The molecule has 8 nitrogen and oxygen atoms in total. The molecule has 0 aliphatic carbocycles. The van der Waals surface area contributed by atoms with Gasteiger partial charge in [-0.05, 0) is 57.8 Å². The first kappa shape index (κ1) is 47.8. The molecule has 0 aromatic rings. The molecular formula is C42H77NO7. The second kappa shape index (κ2) is 33.9. The predicted molar refractivity (Wildman–Crippen MR) is 204 cm³/mol. The number of aliphatic carboxylic acids is 1. The van der Waals surface area contributed by atoms with Crippen LogP contribution in [-0.2, 0) is 28.6 Å². The van der Waals surface area contributed by atoms with E-state index in [1.54, 1.807) is 21.1 Å². The third-order valence-electron chi connectivity index (χ3n) is 9.06. The molecule has 0 heterocycles. The smallest absolute Gasteiger partial charge is 0.306 e. The van der Waals surface area contributed by atoms with Gasteiger partial charge in [0.15, 0.2) is 6.10 Å². The second-order valence-corrected chi connectivity index (χ2v) is 14.9. The number of unbranched alkanes of at least 4 members (excludes halogenated alkanes) is 18. The number of carbonyl (C=O) groups is 3. The largest absolute Gasteiger partial charge is 0.544 e. The molecule has 2 atom stereocenters. The molecule has 0 N–H and O–H groups in total. The SMILES string of the molecule is CCCC/C=C/CCCCCCCC(=O)OC(COCCC(C(=O)[O-])[N+](C)(C)C)COC(=O)CCCCCCCCC/C=C/CCCCCC. The zero-order valence-corrected chi connectivity index (χ0v) is 33.1. The summed E-state index contributed by atoms with van der Waals surface area (Å²) in [5.41, 5.74) is 0. The third kappa shape index (κ3) is 31.8. The van der Waals surface area contributed by atoms with Crippen LogP contribution in [0.4, 0.5) is 0 Å². The number of nitrogens with zero attached hydrogens (tertiary/aromatic N) is 1. The van der Waals surface area contributed by atoms with Crippen LogP contribution in [0.5, 0.6) is 0 Å². The van der Waals surface area contributed by atoms with E-state index in [1.807, 2.05) is 0 Å². The van der Waals surface area contributed by atoms with Crippen LogP contribution in [0.2, 0.25) is 0 Å². The summed E-state index contributed by atoms with van der Waals surface area (Å²) in [6.07, 6.45) is 34.8. The second-order valence-electron chi connectivity index (χ2n) is 14.9. The van der Waals surface area contributed by atoms with E-state index in [2.05, 4.69) is 38.2 Å². The lowest BCUT2D eigenvalue weighted by molar-refractivity contribution is -0.889. The van der Waals surface area contributed by atoms with Gasteiger partial charge in [0.1, 0.15) is 12.6 Å². The summed E-state index contributed by atoms with van der Waals surface area (Å²) in [5.74, 6) is -1.75. The fourth-order valence-corrected chi connectivity index (χ4v) is 5.81. The van der Waals surface area contributed by atoms with Crippen LogP contribution in [0, 0.1) is 0 Å². The molecule has 0 saturated heterocycles. The Labute approximate surface area is 307 Å². The van der Waals surface area contributed by atoms with Gasteiger partial charge in [0.2, 0.25) is 0 Å². The van der Waals surface area contributed by atoms with Gasteiger partial charge in [0, 0.05) is 19.3 Å². The molecule has 2 unspecified atom stereocenters. The van der Waals surface area contributed by atoms with Crippen molar-refractivity contribution in [3.05, 3.63) is 24.3 Å². The van der Waals surface area contributed by atoms with Crippen LogP contribution >= 0.6 is 0 Å². The number of allylic oxidation sites excluding steroid dienone is 4. The quantitative estimate of drug-likeness (QED) is 0.0277. The van der Waals surface area contributed by atoms with Crippen molar-refractivity contribution in [2.24, 2.45) is 0 Å². The average Bonchev–Trinajstić information content (AvgIpc) is 3.06. The van der Waals surface area contributed by atoms with E-state index >= 15 is 0 Å². The number of quaternary nitrogens is 1. The number of carbonyl (C=O) groups excluding carboxylic acids is 3. The van der Waals surface area contributed by atoms with Gasteiger partial charge in [-0.3, -0.25) is 9.59 Å². The van der Waals surface area contributed by atoms with Crippen molar-refractivity contribution < 1.29 is 38.2 Å². The summed E-state index contributed by atoms with van der Waals surface area (Å²) in [5, 5.41) is 11.6. The first-order valence-electron chi connectivity index (χ1n) is 20.4. The monoisotopic (exact) mass is 708 g/mol. The Morgan fingerprint density at radius 1 is 0.580 bits per heavy atom. The number of rotatable bonds is 36. The highest BCUT2D eigenvalue weighted by atomic mass is 16.6. The molecule has 0 aliphatic heterocycles. The van der Waals surface area contributed by atoms with E-state index < -0.39 is 18.1 Å². The Morgan fingerprint density at radius 3 is 1.50 bits per heavy atom.